The van der Waals surface area contributed by atoms with Crippen molar-refractivity contribution in [2.75, 3.05) is 35.0 Å². The van der Waals surface area contributed by atoms with Gasteiger partial charge in [-0.2, -0.15) is 0 Å². The van der Waals surface area contributed by atoms with E-state index in [0.717, 1.165) is 0 Å². The SMILES string of the molecule is COc1cc2c(cc1OC)C(=O)[C@@]1(O)c3ccc(OC)c(OC)c3C(=O)N1CC2. The monoisotopic (exact) mass is 399 g/mol. The number of ketones is 1. The van der Waals surface area contributed by atoms with Crippen molar-refractivity contribution >= 4 is 11.7 Å². The van der Waals surface area contributed by atoms with Gasteiger partial charge in [0.2, 0.25) is 11.5 Å². The minimum Gasteiger partial charge on any atom is -0.493 e. The molecule has 0 radical (unpaired) electrons. The van der Waals surface area contributed by atoms with Crippen LogP contribution in [0.4, 0.5) is 0 Å². The molecule has 2 heterocycles. The van der Waals surface area contributed by atoms with Crippen molar-refractivity contribution in [2.24, 2.45) is 0 Å². The first kappa shape index (κ1) is 19.1. The molecular formula is C21H21NO7. The third-order valence-electron chi connectivity index (χ3n) is 5.55. The van der Waals surface area contributed by atoms with Crippen molar-refractivity contribution in [3.05, 3.63) is 46.5 Å². The molecule has 2 aromatic rings. The molecule has 0 bridgehead atoms. The van der Waals surface area contributed by atoms with E-state index in [4.69, 9.17) is 18.9 Å². The summed E-state index contributed by atoms with van der Waals surface area (Å²) < 4.78 is 21.3. The van der Waals surface area contributed by atoms with Crippen LogP contribution in [0.15, 0.2) is 24.3 Å². The minimum absolute atomic E-state index is 0.131. The predicted molar refractivity (Wildman–Crippen MR) is 102 cm³/mol. The molecule has 0 spiro atoms. The standard InChI is InChI=1S/C21H21NO7/c1-26-14-6-5-13-17(18(14)29-4)20(24)22-8-7-11-9-15(27-2)16(28-3)10-12(11)19(23)21(13,22)25/h5-6,9-10,25H,7-8H2,1-4H3/t21-/m0/s1. The fraction of sp³-hybridized carbons (Fsp3) is 0.333. The molecule has 8 heteroatoms. The Labute approximate surface area is 167 Å². The van der Waals surface area contributed by atoms with E-state index in [0.29, 0.717) is 29.2 Å². The molecule has 1 amide bonds. The Morgan fingerprint density at radius 2 is 1.59 bits per heavy atom. The van der Waals surface area contributed by atoms with E-state index < -0.39 is 17.4 Å². The van der Waals surface area contributed by atoms with Crippen molar-refractivity contribution in [1.29, 1.82) is 0 Å². The summed E-state index contributed by atoms with van der Waals surface area (Å²) in [6.45, 7) is 0.143. The molecule has 152 valence electrons. The van der Waals surface area contributed by atoms with Gasteiger partial charge in [-0.3, -0.25) is 14.5 Å². The molecule has 2 aliphatic rings. The van der Waals surface area contributed by atoms with Gasteiger partial charge < -0.3 is 24.1 Å². The van der Waals surface area contributed by atoms with Crippen LogP contribution in [0.1, 0.15) is 31.8 Å². The zero-order chi connectivity index (χ0) is 20.9. The Hall–Kier alpha value is -3.26. The summed E-state index contributed by atoms with van der Waals surface area (Å²) in [5.41, 5.74) is -0.885. The second kappa shape index (κ2) is 6.66. The number of nitrogens with zero attached hydrogens (tertiary/aromatic N) is 1. The average molecular weight is 399 g/mol. The fourth-order valence-electron chi connectivity index (χ4n) is 4.12. The van der Waals surface area contributed by atoms with Crippen molar-refractivity contribution in [1.82, 2.24) is 4.90 Å². The van der Waals surface area contributed by atoms with Gasteiger partial charge in [0.15, 0.2) is 23.0 Å². The highest BCUT2D eigenvalue weighted by Crippen LogP contribution is 2.48. The normalized spacial score (nSPS) is 19.8. The molecule has 0 unspecified atom stereocenters. The number of fused-ring (bicyclic) bond motifs is 4. The predicted octanol–water partition coefficient (Wildman–Crippen LogP) is 1.76. The first-order chi connectivity index (χ1) is 13.9. The lowest BCUT2D eigenvalue weighted by molar-refractivity contribution is -0.0537. The van der Waals surface area contributed by atoms with Gasteiger partial charge in [-0.15, -0.1) is 0 Å². The van der Waals surface area contributed by atoms with Gasteiger partial charge in [0.1, 0.15) is 0 Å². The van der Waals surface area contributed by atoms with Crippen LogP contribution in [-0.4, -0.2) is 56.7 Å². The summed E-state index contributed by atoms with van der Waals surface area (Å²) >= 11 is 0. The molecule has 8 nitrogen and oxygen atoms in total. The summed E-state index contributed by atoms with van der Waals surface area (Å²) in [4.78, 5) is 27.9. The summed E-state index contributed by atoms with van der Waals surface area (Å²) in [5.74, 6) is 0.292. The van der Waals surface area contributed by atoms with E-state index in [1.165, 1.54) is 39.4 Å². The molecule has 0 saturated carbocycles. The number of methoxy groups -OCH3 is 4. The molecule has 0 saturated heterocycles. The smallest absolute Gasteiger partial charge is 0.261 e. The van der Waals surface area contributed by atoms with Crippen LogP contribution in [0.3, 0.4) is 0 Å². The van der Waals surface area contributed by atoms with Gasteiger partial charge in [-0.1, -0.05) is 0 Å². The van der Waals surface area contributed by atoms with Crippen LogP contribution in [0, 0.1) is 0 Å². The van der Waals surface area contributed by atoms with Gasteiger partial charge in [-0.25, -0.2) is 0 Å². The summed E-state index contributed by atoms with van der Waals surface area (Å²) in [6, 6.07) is 6.34. The number of ether oxygens (including phenoxy) is 4. The molecule has 29 heavy (non-hydrogen) atoms. The summed E-state index contributed by atoms with van der Waals surface area (Å²) in [7, 11) is 5.84. The van der Waals surface area contributed by atoms with Crippen LogP contribution in [0.5, 0.6) is 23.0 Å². The maximum Gasteiger partial charge on any atom is 0.261 e. The van der Waals surface area contributed by atoms with Crippen LogP contribution in [0.25, 0.3) is 0 Å². The number of Topliss-reactive ketones (excluding diaryl/α,β-unsaturated/α-hetero) is 1. The van der Waals surface area contributed by atoms with Crippen LogP contribution in [0.2, 0.25) is 0 Å². The van der Waals surface area contributed by atoms with Crippen molar-refractivity contribution < 1.29 is 33.6 Å². The lowest BCUT2D eigenvalue weighted by atomic mass is 9.90. The van der Waals surface area contributed by atoms with Gasteiger partial charge in [-0.05, 0) is 36.2 Å². The number of aliphatic hydroxyl groups is 1. The molecule has 1 atom stereocenters. The van der Waals surface area contributed by atoms with Crippen molar-refractivity contribution in [3.8, 4) is 23.0 Å². The second-order valence-corrected chi connectivity index (χ2v) is 6.80. The molecule has 4 rings (SSSR count). The number of carbonyl (C=O) groups excluding carboxylic acids is 2. The van der Waals surface area contributed by atoms with Crippen LogP contribution >= 0.6 is 0 Å². The van der Waals surface area contributed by atoms with Gasteiger partial charge in [0, 0.05) is 17.7 Å². The van der Waals surface area contributed by atoms with E-state index >= 15 is 0 Å². The Morgan fingerprint density at radius 1 is 0.931 bits per heavy atom. The molecule has 1 N–H and O–H groups in total. The van der Waals surface area contributed by atoms with Crippen LogP contribution in [-0.2, 0) is 12.1 Å². The molecule has 2 aliphatic heterocycles. The number of hydrogen-bond acceptors (Lipinski definition) is 7. The summed E-state index contributed by atoms with van der Waals surface area (Å²) in [5, 5.41) is 11.6. The largest absolute Gasteiger partial charge is 0.493 e. The quantitative estimate of drug-likeness (QED) is 0.837. The highest BCUT2D eigenvalue weighted by Gasteiger charge is 2.57. The number of hydrogen-bond donors (Lipinski definition) is 1. The van der Waals surface area contributed by atoms with E-state index in [1.54, 1.807) is 18.2 Å². The third kappa shape index (κ3) is 2.42. The lowest BCUT2D eigenvalue weighted by Crippen LogP contribution is -2.49. The van der Waals surface area contributed by atoms with E-state index in [-0.39, 0.29) is 29.0 Å². The maximum absolute atomic E-state index is 13.6. The first-order valence-electron chi connectivity index (χ1n) is 9.01. The Balaban J connectivity index is 1.95. The number of carbonyl (C=O) groups is 2. The van der Waals surface area contributed by atoms with E-state index in [2.05, 4.69) is 0 Å². The van der Waals surface area contributed by atoms with Crippen molar-refractivity contribution in [3.63, 3.8) is 0 Å². The second-order valence-electron chi connectivity index (χ2n) is 6.80. The zero-order valence-corrected chi connectivity index (χ0v) is 16.6. The number of rotatable bonds is 4. The Kier molecular flexibility index (Phi) is 4.38. The van der Waals surface area contributed by atoms with Gasteiger partial charge in [0.05, 0.1) is 34.0 Å². The minimum atomic E-state index is -2.14. The van der Waals surface area contributed by atoms with Gasteiger partial charge in [0.25, 0.3) is 5.91 Å². The molecular weight excluding hydrogens is 378 g/mol. The first-order valence-corrected chi connectivity index (χ1v) is 9.01. The van der Waals surface area contributed by atoms with E-state index in [9.17, 15) is 14.7 Å². The maximum atomic E-state index is 13.6. The number of benzene rings is 2. The molecule has 0 aromatic heterocycles. The van der Waals surface area contributed by atoms with Gasteiger partial charge >= 0.3 is 0 Å². The highest BCUT2D eigenvalue weighted by atomic mass is 16.5. The molecule has 2 aromatic carbocycles. The Bertz CT molecular complexity index is 1030. The lowest BCUT2D eigenvalue weighted by Gasteiger charge is -2.30. The average Bonchev–Trinajstić information content (AvgIpc) is 2.90. The molecule has 0 fully saturated rings. The zero-order valence-electron chi connectivity index (χ0n) is 16.6. The summed E-state index contributed by atoms with van der Waals surface area (Å²) in [6.07, 6.45) is 0.364. The van der Waals surface area contributed by atoms with E-state index in [1.807, 2.05) is 0 Å². The third-order valence-corrected chi connectivity index (χ3v) is 5.55. The molecule has 0 aliphatic carbocycles. The Morgan fingerprint density at radius 3 is 2.21 bits per heavy atom. The topological polar surface area (TPSA) is 94.5 Å². The highest BCUT2D eigenvalue weighted by molar-refractivity contribution is 6.14. The van der Waals surface area contributed by atoms with Crippen LogP contribution < -0.4 is 18.9 Å². The fourth-order valence-corrected chi connectivity index (χ4v) is 4.12. The number of amides is 1. The van der Waals surface area contributed by atoms with Crippen molar-refractivity contribution in [2.45, 2.75) is 12.1 Å².